The lowest BCUT2D eigenvalue weighted by Crippen LogP contribution is -2.43. The molecule has 1 atom stereocenters. The molecule has 1 aromatic rings. The third-order valence-corrected chi connectivity index (χ3v) is 3.55. The number of anilines is 1. The highest BCUT2D eigenvalue weighted by atomic mass is 79.9. The van der Waals surface area contributed by atoms with E-state index in [1.54, 1.807) is 18.2 Å². The predicted octanol–water partition coefficient (Wildman–Crippen LogP) is 3.10. The van der Waals surface area contributed by atoms with Gasteiger partial charge in [-0.1, -0.05) is 11.6 Å². The number of rotatable bonds is 7. The van der Waals surface area contributed by atoms with Crippen LogP contribution in [-0.2, 0) is 9.53 Å². The second-order valence-electron chi connectivity index (χ2n) is 4.25. The fourth-order valence-corrected chi connectivity index (χ4v) is 2.12. The zero-order valence-electron chi connectivity index (χ0n) is 11.4. The van der Waals surface area contributed by atoms with Crippen molar-refractivity contribution in [3.63, 3.8) is 0 Å². The lowest BCUT2D eigenvalue weighted by Gasteiger charge is -2.15. The minimum Gasteiger partial charge on any atom is -0.480 e. The molecule has 0 radical (unpaired) electrons. The van der Waals surface area contributed by atoms with E-state index in [1.165, 1.54) is 7.11 Å². The molecule has 21 heavy (non-hydrogen) atoms. The van der Waals surface area contributed by atoms with Crippen molar-refractivity contribution < 1.29 is 19.4 Å². The van der Waals surface area contributed by atoms with Crippen LogP contribution in [0, 0.1) is 0 Å². The fourth-order valence-electron chi connectivity index (χ4n) is 1.60. The monoisotopic (exact) mass is 378 g/mol. The van der Waals surface area contributed by atoms with Crippen molar-refractivity contribution in [1.82, 2.24) is 5.32 Å². The lowest BCUT2D eigenvalue weighted by atomic mass is 10.1. The fraction of sp³-hybridized carbons (Fsp3) is 0.385. The highest BCUT2D eigenvalue weighted by Gasteiger charge is 2.19. The molecule has 1 aromatic carbocycles. The number of aliphatic carboxylic acids is 1. The number of nitrogens with one attached hydrogen (secondary N) is 2. The Labute approximate surface area is 135 Å². The van der Waals surface area contributed by atoms with Crippen LogP contribution in [0.25, 0.3) is 0 Å². The summed E-state index contributed by atoms with van der Waals surface area (Å²) in [6, 6.07) is 3.33. The van der Waals surface area contributed by atoms with Crippen LogP contribution in [0.5, 0.6) is 0 Å². The van der Waals surface area contributed by atoms with Gasteiger partial charge < -0.3 is 20.5 Å². The van der Waals surface area contributed by atoms with Gasteiger partial charge in [-0.2, -0.15) is 0 Å². The van der Waals surface area contributed by atoms with Crippen LogP contribution >= 0.6 is 27.5 Å². The summed E-state index contributed by atoms with van der Waals surface area (Å²) >= 11 is 9.11. The van der Waals surface area contributed by atoms with Crippen molar-refractivity contribution in [2.45, 2.75) is 18.9 Å². The SMILES string of the molecule is COCCCC(NC(=O)Nc1cc(Cl)ccc1Br)C(=O)O. The second kappa shape index (κ2) is 8.86. The summed E-state index contributed by atoms with van der Waals surface area (Å²) in [7, 11) is 1.53. The van der Waals surface area contributed by atoms with Gasteiger partial charge in [-0.25, -0.2) is 9.59 Å². The van der Waals surface area contributed by atoms with Gasteiger partial charge in [-0.3, -0.25) is 0 Å². The number of methoxy groups -OCH3 is 1. The number of urea groups is 1. The smallest absolute Gasteiger partial charge is 0.326 e. The minimum atomic E-state index is -1.09. The molecule has 6 nitrogen and oxygen atoms in total. The van der Waals surface area contributed by atoms with E-state index >= 15 is 0 Å². The Bertz CT molecular complexity index is 513. The molecular formula is C13H16BrClN2O4. The van der Waals surface area contributed by atoms with Crippen LogP contribution in [0.2, 0.25) is 5.02 Å². The van der Waals surface area contributed by atoms with E-state index < -0.39 is 18.0 Å². The maximum atomic E-state index is 11.8. The molecule has 0 saturated heterocycles. The van der Waals surface area contributed by atoms with Crippen LogP contribution in [0.4, 0.5) is 10.5 Å². The summed E-state index contributed by atoms with van der Waals surface area (Å²) in [6.45, 7) is 0.437. The van der Waals surface area contributed by atoms with E-state index in [2.05, 4.69) is 26.6 Å². The van der Waals surface area contributed by atoms with Gasteiger partial charge in [0.25, 0.3) is 0 Å². The average molecular weight is 380 g/mol. The van der Waals surface area contributed by atoms with Gasteiger partial charge in [0.1, 0.15) is 6.04 Å². The first-order chi connectivity index (χ1) is 9.93. The molecular weight excluding hydrogens is 364 g/mol. The number of benzene rings is 1. The van der Waals surface area contributed by atoms with Crippen molar-refractivity contribution in [2.75, 3.05) is 19.0 Å². The van der Waals surface area contributed by atoms with Crippen molar-refractivity contribution in [3.05, 3.63) is 27.7 Å². The summed E-state index contributed by atoms with van der Waals surface area (Å²) in [6.07, 6.45) is 0.821. The molecule has 0 fully saturated rings. The van der Waals surface area contributed by atoms with Crippen LogP contribution in [0.3, 0.4) is 0 Å². The van der Waals surface area contributed by atoms with Crippen LogP contribution in [-0.4, -0.2) is 36.9 Å². The maximum Gasteiger partial charge on any atom is 0.326 e. The molecule has 116 valence electrons. The number of carbonyl (C=O) groups excluding carboxylic acids is 1. The van der Waals surface area contributed by atoms with Gasteiger partial charge >= 0.3 is 12.0 Å². The van der Waals surface area contributed by atoms with Crippen molar-refractivity contribution in [1.29, 1.82) is 0 Å². The molecule has 3 N–H and O–H groups in total. The zero-order chi connectivity index (χ0) is 15.8. The molecule has 2 amide bonds. The predicted molar refractivity (Wildman–Crippen MR) is 83.8 cm³/mol. The maximum absolute atomic E-state index is 11.8. The summed E-state index contributed by atoms with van der Waals surface area (Å²) < 4.78 is 5.51. The number of carboxylic acid groups (broad SMARTS) is 1. The molecule has 0 aromatic heterocycles. The first-order valence-electron chi connectivity index (χ1n) is 6.18. The first-order valence-corrected chi connectivity index (χ1v) is 7.35. The number of hydrogen-bond donors (Lipinski definition) is 3. The molecule has 0 aliphatic heterocycles. The number of amides is 2. The summed E-state index contributed by atoms with van der Waals surface area (Å²) in [5, 5.41) is 14.5. The largest absolute Gasteiger partial charge is 0.480 e. The highest BCUT2D eigenvalue weighted by Crippen LogP contribution is 2.25. The number of carbonyl (C=O) groups is 2. The van der Waals surface area contributed by atoms with Gasteiger partial charge in [0, 0.05) is 23.2 Å². The molecule has 0 bridgehead atoms. The summed E-state index contributed by atoms with van der Waals surface area (Å²) in [5.74, 6) is -1.09. The molecule has 0 spiro atoms. The van der Waals surface area contributed by atoms with Crippen molar-refractivity contribution in [2.24, 2.45) is 0 Å². The third kappa shape index (κ3) is 6.33. The Hall–Kier alpha value is -1.31. The van der Waals surface area contributed by atoms with Crippen molar-refractivity contribution in [3.8, 4) is 0 Å². The van der Waals surface area contributed by atoms with E-state index in [4.69, 9.17) is 21.4 Å². The van der Waals surface area contributed by atoms with Crippen LogP contribution < -0.4 is 10.6 Å². The second-order valence-corrected chi connectivity index (χ2v) is 5.54. The van der Waals surface area contributed by atoms with E-state index in [0.29, 0.717) is 28.2 Å². The van der Waals surface area contributed by atoms with Crippen molar-refractivity contribution >= 4 is 45.2 Å². The quantitative estimate of drug-likeness (QED) is 0.635. The van der Waals surface area contributed by atoms with Gasteiger partial charge in [0.15, 0.2) is 0 Å². The van der Waals surface area contributed by atoms with Crippen LogP contribution in [0.1, 0.15) is 12.8 Å². The summed E-state index contributed by atoms with van der Waals surface area (Å²) in [5.41, 5.74) is 0.459. The van der Waals surface area contributed by atoms with E-state index in [9.17, 15) is 9.59 Å². The summed E-state index contributed by atoms with van der Waals surface area (Å²) in [4.78, 5) is 22.9. The topological polar surface area (TPSA) is 87.7 Å². The van der Waals surface area contributed by atoms with E-state index in [1.807, 2.05) is 0 Å². The Morgan fingerprint density at radius 1 is 1.48 bits per heavy atom. The standard InChI is InChI=1S/C13H16BrClN2O4/c1-21-6-2-3-10(12(18)19)16-13(20)17-11-7-8(15)4-5-9(11)14/h4-5,7,10H,2-3,6H2,1H3,(H,18,19)(H2,16,17,20). The van der Waals surface area contributed by atoms with Gasteiger partial charge in [-0.15, -0.1) is 0 Å². The first kappa shape index (κ1) is 17.7. The Balaban J connectivity index is 2.61. The zero-order valence-corrected chi connectivity index (χ0v) is 13.7. The number of carboxylic acids is 1. The Kier molecular flexibility index (Phi) is 7.49. The molecule has 1 rings (SSSR count). The molecule has 1 unspecified atom stereocenters. The van der Waals surface area contributed by atoms with E-state index in [-0.39, 0.29) is 6.42 Å². The third-order valence-electron chi connectivity index (χ3n) is 2.62. The molecule has 8 heteroatoms. The minimum absolute atomic E-state index is 0.285. The molecule has 0 saturated carbocycles. The molecule has 0 aliphatic carbocycles. The Morgan fingerprint density at radius 2 is 2.19 bits per heavy atom. The average Bonchev–Trinajstić information content (AvgIpc) is 2.42. The van der Waals surface area contributed by atoms with Gasteiger partial charge in [-0.05, 0) is 47.0 Å². The van der Waals surface area contributed by atoms with Gasteiger partial charge in [0.05, 0.1) is 5.69 Å². The molecule has 0 aliphatic rings. The van der Waals surface area contributed by atoms with Gasteiger partial charge in [0.2, 0.25) is 0 Å². The number of hydrogen-bond acceptors (Lipinski definition) is 3. The number of halogens is 2. The number of ether oxygens (including phenoxy) is 1. The highest BCUT2D eigenvalue weighted by molar-refractivity contribution is 9.10. The Morgan fingerprint density at radius 3 is 2.81 bits per heavy atom. The lowest BCUT2D eigenvalue weighted by molar-refractivity contribution is -0.139. The normalized spacial score (nSPS) is 11.8. The molecule has 0 heterocycles. The van der Waals surface area contributed by atoms with Crippen LogP contribution in [0.15, 0.2) is 22.7 Å². The van der Waals surface area contributed by atoms with E-state index in [0.717, 1.165) is 0 Å².